The summed E-state index contributed by atoms with van der Waals surface area (Å²) in [6.45, 7) is 2.06. The largest absolute Gasteiger partial charge is 0.504 e. The monoisotopic (exact) mass is 473 g/mol. The summed E-state index contributed by atoms with van der Waals surface area (Å²) in [5.74, 6) is -0.449. The molecule has 1 N–H and O–H groups in total. The van der Waals surface area contributed by atoms with Crippen molar-refractivity contribution in [3.05, 3.63) is 101 Å². The molecule has 0 saturated carbocycles. The number of rotatable bonds is 6. The highest BCUT2D eigenvalue weighted by molar-refractivity contribution is 7.18. The van der Waals surface area contributed by atoms with Crippen molar-refractivity contribution in [1.82, 2.24) is 14.5 Å². The number of halogens is 1. The third kappa shape index (κ3) is 4.04. The first-order chi connectivity index (χ1) is 16.5. The topological polar surface area (TPSA) is 81.2 Å². The minimum absolute atomic E-state index is 0.174. The van der Waals surface area contributed by atoms with E-state index in [0.717, 1.165) is 15.3 Å². The number of phenolic OH excluding ortho intramolecular Hbond substituents is 1. The van der Waals surface area contributed by atoms with Crippen molar-refractivity contribution >= 4 is 11.3 Å². The number of hydrogen-bond donors (Lipinski definition) is 1. The van der Waals surface area contributed by atoms with Crippen LogP contribution in [0, 0.1) is 12.7 Å². The highest BCUT2D eigenvalue weighted by Gasteiger charge is 2.21. The Morgan fingerprint density at radius 1 is 1.06 bits per heavy atom. The molecule has 34 heavy (non-hydrogen) atoms. The van der Waals surface area contributed by atoms with Crippen molar-refractivity contribution in [1.29, 1.82) is 0 Å². The van der Waals surface area contributed by atoms with Gasteiger partial charge in [-0.2, -0.15) is 0 Å². The molecule has 0 saturated heterocycles. The van der Waals surface area contributed by atoms with Gasteiger partial charge in [0.2, 0.25) is 0 Å². The minimum Gasteiger partial charge on any atom is -0.504 e. The van der Waals surface area contributed by atoms with Crippen LogP contribution in [-0.4, -0.2) is 19.6 Å². The number of nitrogens with zero attached hydrogens (tertiary/aromatic N) is 3. The van der Waals surface area contributed by atoms with Gasteiger partial charge in [-0.25, -0.2) is 14.4 Å². The molecular formula is C26H20FN3O3S. The fourth-order valence-corrected chi connectivity index (χ4v) is 4.93. The Labute approximate surface area is 198 Å². The standard InChI is InChI=1S/C26H20FN3O3S/c1-16-23(22-11-10-21(34-22)20-14-28-15-33-20)26(32)30(13-12-17-6-3-2-4-7-17)25(29-16)18-8-5-9-19(27)24(18)31/h2-11,14-15,31H,12-13H2,1H3. The van der Waals surface area contributed by atoms with Crippen LogP contribution in [0.4, 0.5) is 4.39 Å². The molecule has 0 fully saturated rings. The van der Waals surface area contributed by atoms with Crippen molar-refractivity contribution in [3.8, 4) is 38.2 Å². The lowest BCUT2D eigenvalue weighted by Gasteiger charge is -2.16. The van der Waals surface area contributed by atoms with E-state index in [0.29, 0.717) is 30.0 Å². The van der Waals surface area contributed by atoms with Crippen molar-refractivity contribution in [2.75, 3.05) is 0 Å². The molecule has 2 aromatic carbocycles. The number of aryl methyl sites for hydroxylation is 2. The Balaban J connectivity index is 1.65. The predicted molar refractivity (Wildman–Crippen MR) is 129 cm³/mol. The molecule has 0 unspecified atom stereocenters. The second kappa shape index (κ2) is 9.07. The Hall–Kier alpha value is -4.04. The van der Waals surface area contributed by atoms with Gasteiger partial charge in [0.15, 0.2) is 23.7 Å². The van der Waals surface area contributed by atoms with E-state index in [1.165, 1.54) is 34.4 Å². The molecule has 0 spiro atoms. The summed E-state index contributed by atoms with van der Waals surface area (Å²) in [6.07, 6.45) is 3.55. The Kier molecular flexibility index (Phi) is 5.81. The number of phenols is 1. The van der Waals surface area contributed by atoms with Crippen LogP contribution in [0.1, 0.15) is 11.3 Å². The minimum atomic E-state index is -0.766. The normalized spacial score (nSPS) is 11.1. The predicted octanol–water partition coefficient (Wildman–Crippen LogP) is 5.69. The van der Waals surface area contributed by atoms with Crippen molar-refractivity contribution < 1.29 is 13.9 Å². The number of oxazole rings is 1. The maximum atomic E-state index is 14.2. The van der Waals surface area contributed by atoms with Crippen LogP contribution in [0.15, 0.2) is 82.5 Å². The van der Waals surface area contributed by atoms with Gasteiger partial charge in [-0.05, 0) is 43.2 Å². The first-order valence-electron chi connectivity index (χ1n) is 10.6. The molecule has 5 aromatic rings. The molecule has 0 bridgehead atoms. The van der Waals surface area contributed by atoms with E-state index in [9.17, 15) is 14.3 Å². The molecule has 0 radical (unpaired) electrons. The fraction of sp³-hybridized carbons (Fsp3) is 0.115. The number of hydrogen-bond acceptors (Lipinski definition) is 6. The average Bonchev–Trinajstić information content (AvgIpc) is 3.53. The van der Waals surface area contributed by atoms with E-state index >= 15 is 0 Å². The van der Waals surface area contributed by atoms with Crippen LogP contribution in [0.25, 0.3) is 32.5 Å². The molecule has 0 aliphatic heterocycles. The highest BCUT2D eigenvalue weighted by Crippen LogP contribution is 2.35. The van der Waals surface area contributed by atoms with Gasteiger partial charge in [0, 0.05) is 11.4 Å². The molecule has 5 rings (SSSR count). The van der Waals surface area contributed by atoms with Crippen LogP contribution in [-0.2, 0) is 13.0 Å². The van der Waals surface area contributed by atoms with E-state index in [-0.39, 0.29) is 16.9 Å². The molecule has 6 nitrogen and oxygen atoms in total. The molecule has 170 valence electrons. The third-order valence-electron chi connectivity index (χ3n) is 5.57. The second-order valence-electron chi connectivity index (χ2n) is 7.75. The van der Waals surface area contributed by atoms with Crippen LogP contribution < -0.4 is 5.56 Å². The lowest BCUT2D eigenvalue weighted by atomic mass is 10.1. The van der Waals surface area contributed by atoms with Gasteiger partial charge >= 0.3 is 0 Å². The summed E-state index contributed by atoms with van der Waals surface area (Å²) in [5.41, 5.74) is 1.92. The maximum Gasteiger partial charge on any atom is 0.262 e. The van der Waals surface area contributed by atoms with E-state index in [1.807, 2.05) is 42.5 Å². The fourth-order valence-electron chi connectivity index (χ4n) is 3.88. The third-order valence-corrected chi connectivity index (χ3v) is 6.69. The summed E-state index contributed by atoms with van der Waals surface area (Å²) in [5, 5.41) is 10.4. The first kappa shape index (κ1) is 21.8. The zero-order chi connectivity index (χ0) is 23.7. The first-order valence-corrected chi connectivity index (χ1v) is 11.5. The number of aromatic hydroxyl groups is 1. The molecule has 0 amide bonds. The van der Waals surface area contributed by atoms with Crippen LogP contribution in [0.2, 0.25) is 0 Å². The van der Waals surface area contributed by atoms with Crippen molar-refractivity contribution in [2.24, 2.45) is 0 Å². The number of para-hydroxylation sites is 1. The van der Waals surface area contributed by atoms with E-state index in [4.69, 9.17) is 4.42 Å². The molecule has 0 aliphatic rings. The summed E-state index contributed by atoms with van der Waals surface area (Å²) in [4.78, 5) is 24.0. The zero-order valence-corrected chi connectivity index (χ0v) is 19.1. The number of benzene rings is 2. The summed E-state index contributed by atoms with van der Waals surface area (Å²) in [7, 11) is 0. The van der Waals surface area contributed by atoms with E-state index in [1.54, 1.807) is 19.2 Å². The van der Waals surface area contributed by atoms with Crippen molar-refractivity contribution in [3.63, 3.8) is 0 Å². The van der Waals surface area contributed by atoms with Gasteiger partial charge in [-0.15, -0.1) is 11.3 Å². The van der Waals surface area contributed by atoms with Crippen LogP contribution in [0.5, 0.6) is 5.75 Å². The summed E-state index contributed by atoms with van der Waals surface area (Å²) in [6, 6.07) is 17.7. The van der Waals surface area contributed by atoms with Crippen LogP contribution >= 0.6 is 11.3 Å². The summed E-state index contributed by atoms with van der Waals surface area (Å²) < 4.78 is 21.0. The Morgan fingerprint density at radius 3 is 2.62 bits per heavy atom. The summed E-state index contributed by atoms with van der Waals surface area (Å²) >= 11 is 1.41. The van der Waals surface area contributed by atoms with Crippen LogP contribution in [0.3, 0.4) is 0 Å². The number of aromatic nitrogens is 3. The molecule has 3 aromatic heterocycles. The van der Waals surface area contributed by atoms with Gasteiger partial charge in [0.25, 0.3) is 5.56 Å². The van der Waals surface area contributed by atoms with Gasteiger partial charge in [0.05, 0.1) is 27.9 Å². The SMILES string of the molecule is Cc1nc(-c2cccc(F)c2O)n(CCc2ccccc2)c(=O)c1-c1ccc(-c2cnco2)s1. The molecule has 8 heteroatoms. The van der Waals surface area contributed by atoms with Gasteiger partial charge in [0.1, 0.15) is 5.82 Å². The van der Waals surface area contributed by atoms with E-state index < -0.39 is 11.6 Å². The highest BCUT2D eigenvalue weighted by atomic mass is 32.1. The van der Waals surface area contributed by atoms with E-state index in [2.05, 4.69) is 9.97 Å². The lowest BCUT2D eigenvalue weighted by Crippen LogP contribution is -2.27. The Bertz CT molecular complexity index is 1510. The maximum absolute atomic E-state index is 14.2. The quantitative estimate of drug-likeness (QED) is 0.343. The van der Waals surface area contributed by atoms with Crippen molar-refractivity contribution in [2.45, 2.75) is 19.9 Å². The Morgan fingerprint density at radius 2 is 1.85 bits per heavy atom. The zero-order valence-electron chi connectivity index (χ0n) is 18.2. The average molecular weight is 474 g/mol. The second-order valence-corrected chi connectivity index (χ2v) is 8.84. The van der Waals surface area contributed by atoms with Gasteiger partial charge in [-0.1, -0.05) is 36.4 Å². The smallest absolute Gasteiger partial charge is 0.262 e. The molecule has 3 heterocycles. The number of thiophene rings is 1. The van der Waals surface area contributed by atoms with Gasteiger partial charge < -0.3 is 9.52 Å². The molecule has 0 atom stereocenters. The lowest BCUT2D eigenvalue weighted by molar-refractivity contribution is 0.433. The molecule has 0 aliphatic carbocycles. The molecular weight excluding hydrogens is 453 g/mol. The van der Waals surface area contributed by atoms with Gasteiger partial charge in [-0.3, -0.25) is 9.36 Å².